The fourth-order valence-corrected chi connectivity index (χ4v) is 3.90. The van der Waals surface area contributed by atoms with E-state index in [0.29, 0.717) is 0 Å². The number of aliphatic hydroxyl groups excluding tert-OH is 1. The number of unbranched alkanes of at least 4 members (excludes halogenated alkanes) is 15. The number of rotatable bonds is 23. The van der Waals surface area contributed by atoms with Crippen LogP contribution in [0.15, 0.2) is 0 Å². The monoisotopic (exact) mass is 398 g/mol. The maximum atomic E-state index is 9.80. The average molecular weight is 399 g/mol. The highest BCUT2D eigenvalue weighted by Crippen LogP contribution is 2.13. The lowest BCUT2D eigenvalue weighted by molar-refractivity contribution is 0.126. The molecule has 170 valence electrons. The molecule has 28 heavy (non-hydrogen) atoms. The molecule has 0 heterocycles. The molecule has 1 atom stereocenters. The van der Waals surface area contributed by atoms with Crippen molar-refractivity contribution >= 4 is 0 Å². The van der Waals surface area contributed by atoms with Crippen LogP contribution in [0.25, 0.3) is 0 Å². The van der Waals surface area contributed by atoms with Crippen LogP contribution in [0.4, 0.5) is 0 Å². The van der Waals surface area contributed by atoms with Crippen molar-refractivity contribution in [2.45, 2.75) is 129 Å². The zero-order valence-corrected chi connectivity index (χ0v) is 19.8. The van der Waals surface area contributed by atoms with Crippen LogP contribution in [0, 0.1) is 0 Å². The summed E-state index contributed by atoms with van der Waals surface area (Å²) in [6, 6.07) is 0. The van der Waals surface area contributed by atoms with Gasteiger partial charge in [0, 0.05) is 6.54 Å². The number of likely N-dealkylation sites (N-methyl/N-ethyl adjacent to an activating group) is 1. The van der Waals surface area contributed by atoms with Crippen LogP contribution in [-0.4, -0.2) is 49.8 Å². The Morgan fingerprint density at radius 3 is 1.43 bits per heavy atom. The Balaban J connectivity index is 3.05. The number of hydrogen-bond acceptors (Lipinski definition) is 3. The summed E-state index contributed by atoms with van der Waals surface area (Å²) < 4.78 is 0. The van der Waals surface area contributed by atoms with Crippen molar-refractivity contribution in [1.82, 2.24) is 10.2 Å². The first-order valence-corrected chi connectivity index (χ1v) is 12.7. The van der Waals surface area contributed by atoms with Crippen molar-refractivity contribution in [1.29, 1.82) is 0 Å². The molecule has 0 aromatic heterocycles. The molecular formula is C25H54N2O. The summed E-state index contributed by atoms with van der Waals surface area (Å²) in [6.07, 6.45) is 24.7. The molecule has 0 saturated carbocycles. The Morgan fingerprint density at radius 2 is 1.00 bits per heavy atom. The fraction of sp³-hybridized carbons (Fsp3) is 1.00. The van der Waals surface area contributed by atoms with Gasteiger partial charge in [0.25, 0.3) is 0 Å². The summed E-state index contributed by atoms with van der Waals surface area (Å²) in [5, 5.41) is 13.3. The molecule has 0 rings (SSSR count). The molecule has 0 amide bonds. The van der Waals surface area contributed by atoms with E-state index in [4.69, 9.17) is 0 Å². The highest BCUT2D eigenvalue weighted by atomic mass is 16.3. The molecule has 0 fully saturated rings. The van der Waals surface area contributed by atoms with Crippen molar-refractivity contribution in [3.8, 4) is 0 Å². The maximum absolute atomic E-state index is 9.80. The van der Waals surface area contributed by atoms with Crippen LogP contribution in [0.3, 0.4) is 0 Å². The third-order valence-electron chi connectivity index (χ3n) is 5.67. The maximum Gasteiger partial charge on any atom is 0.0667 e. The molecule has 0 aromatic rings. The molecule has 3 nitrogen and oxygen atoms in total. The quantitative estimate of drug-likeness (QED) is 0.192. The summed E-state index contributed by atoms with van der Waals surface area (Å²) >= 11 is 0. The van der Waals surface area contributed by atoms with Crippen molar-refractivity contribution in [2.24, 2.45) is 0 Å². The van der Waals surface area contributed by atoms with Gasteiger partial charge in [-0.05, 0) is 46.4 Å². The standard InChI is InChI=1S/C25H54N2O/c1-4-5-6-7-8-9-10-11-12-13-14-15-16-17-18-19-22-26-23-20-21-25(28)24-27(2)3/h25-26,28H,4-24H2,1-3H3. The van der Waals surface area contributed by atoms with Gasteiger partial charge in [0.2, 0.25) is 0 Å². The van der Waals surface area contributed by atoms with Crippen LogP contribution in [0.5, 0.6) is 0 Å². The van der Waals surface area contributed by atoms with Gasteiger partial charge < -0.3 is 15.3 Å². The molecule has 0 radical (unpaired) electrons. The molecule has 0 aromatic carbocycles. The second-order valence-electron chi connectivity index (χ2n) is 9.11. The lowest BCUT2D eigenvalue weighted by Gasteiger charge is -2.15. The van der Waals surface area contributed by atoms with Gasteiger partial charge in [-0.1, -0.05) is 103 Å². The van der Waals surface area contributed by atoms with Crippen LogP contribution in [0.2, 0.25) is 0 Å². The van der Waals surface area contributed by atoms with E-state index in [-0.39, 0.29) is 6.10 Å². The van der Waals surface area contributed by atoms with Crippen molar-refractivity contribution in [3.63, 3.8) is 0 Å². The SMILES string of the molecule is CCCCCCCCCCCCCCCCCCNCCCC(O)CN(C)C. The summed E-state index contributed by atoms with van der Waals surface area (Å²) in [4.78, 5) is 2.05. The van der Waals surface area contributed by atoms with Gasteiger partial charge >= 0.3 is 0 Å². The van der Waals surface area contributed by atoms with Gasteiger partial charge in [0.1, 0.15) is 0 Å². The van der Waals surface area contributed by atoms with Crippen LogP contribution in [0.1, 0.15) is 122 Å². The minimum absolute atomic E-state index is 0.174. The van der Waals surface area contributed by atoms with E-state index in [9.17, 15) is 5.11 Å². The van der Waals surface area contributed by atoms with Gasteiger partial charge in [0.05, 0.1) is 6.10 Å². The Bertz CT molecular complexity index is 284. The lowest BCUT2D eigenvalue weighted by Crippen LogP contribution is -2.27. The summed E-state index contributed by atoms with van der Waals surface area (Å²) in [6.45, 7) is 5.26. The first-order valence-electron chi connectivity index (χ1n) is 12.7. The molecule has 3 heteroatoms. The predicted molar refractivity (Wildman–Crippen MR) is 126 cm³/mol. The van der Waals surface area contributed by atoms with Crippen molar-refractivity contribution in [3.05, 3.63) is 0 Å². The highest BCUT2D eigenvalue weighted by Gasteiger charge is 2.04. The van der Waals surface area contributed by atoms with E-state index in [2.05, 4.69) is 17.1 Å². The molecule has 0 saturated heterocycles. The molecule has 2 N–H and O–H groups in total. The van der Waals surface area contributed by atoms with E-state index < -0.39 is 0 Å². The molecule has 0 spiro atoms. The van der Waals surface area contributed by atoms with E-state index >= 15 is 0 Å². The van der Waals surface area contributed by atoms with Gasteiger partial charge in [0.15, 0.2) is 0 Å². The van der Waals surface area contributed by atoms with Crippen molar-refractivity contribution < 1.29 is 5.11 Å². The predicted octanol–water partition coefficient (Wildman–Crippen LogP) is 6.54. The average Bonchev–Trinajstić information content (AvgIpc) is 2.66. The molecule has 0 aliphatic heterocycles. The zero-order chi connectivity index (χ0) is 20.7. The molecule has 0 bridgehead atoms. The van der Waals surface area contributed by atoms with Gasteiger partial charge in [-0.25, -0.2) is 0 Å². The Hall–Kier alpha value is -0.120. The summed E-state index contributed by atoms with van der Waals surface area (Å²) in [5.74, 6) is 0. The van der Waals surface area contributed by atoms with E-state index in [1.54, 1.807) is 0 Å². The lowest BCUT2D eigenvalue weighted by atomic mass is 10.0. The van der Waals surface area contributed by atoms with Crippen molar-refractivity contribution in [2.75, 3.05) is 33.7 Å². The van der Waals surface area contributed by atoms with Gasteiger partial charge in [-0.3, -0.25) is 0 Å². The Kier molecular flexibility index (Phi) is 23.1. The summed E-state index contributed by atoms with van der Waals surface area (Å²) in [5.41, 5.74) is 0. The number of hydrogen-bond donors (Lipinski definition) is 2. The van der Waals surface area contributed by atoms with Gasteiger partial charge in [-0.15, -0.1) is 0 Å². The largest absolute Gasteiger partial charge is 0.392 e. The normalized spacial score (nSPS) is 12.8. The van der Waals surface area contributed by atoms with Crippen LogP contribution in [-0.2, 0) is 0 Å². The number of nitrogens with zero attached hydrogens (tertiary/aromatic N) is 1. The smallest absolute Gasteiger partial charge is 0.0667 e. The molecular weight excluding hydrogens is 344 g/mol. The topological polar surface area (TPSA) is 35.5 Å². The first kappa shape index (κ1) is 27.9. The van der Waals surface area contributed by atoms with Crippen LogP contribution < -0.4 is 5.32 Å². The van der Waals surface area contributed by atoms with Gasteiger partial charge in [-0.2, -0.15) is 0 Å². The fourth-order valence-electron chi connectivity index (χ4n) is 3.90. The van der Waals surface area contributed by atoms with E-state index in [1.807, 2.05) is 14.1 Å². The third-order valence-corrected chi connectivity index (χ3v) is 5.67. The molecule has 0 aliphatic rings. The third kappa shape index (κ3) is 23.9. The minimum atomic E-state index is -0.174. The molecule has 1 unspecified atom stereocenters. The number of aliphatic hydroxyl groups is 1. The van der Waals surface area contributed by atoms with E-state index in [0.717, 1.165) is 32.5 Å². The van der Waals surface area contributed by atoms with E-state index in [1.165, 1.54) is 103 Å². The Labute approximate surface area is 178 Å². The van der Waals surface area contributed by atoms with Crippen LogP contribution >= 0.6 is 0 Å². The minimum Gasteiger partial charge on any atom is -0.392 e. The first-order chi connectivity index (χ1) is 13.7. The highest BCUT2D eigenvalue weighted by molar-refractivity contribution is 4.60. The summed E-state index contributed by atoms with van der Waals surface area (Å²) in [7, 11) is 4.03. The molecule has 0 aliphatic carbocycles. The Morgan fingerprint density at radius 1 is 0.607 bits per heavy atom. The second kappa shape index (κ2) is 23.2. The second-order valence-corrected chi connectivity index (χ2v) is 9.11. The zero-order valence-electron chi connectivity index (χ0n) is 19.8. The number of nitrogens with one attached hydrogen (secondary N) is 1.